The number of benzene rings is 2. The van der Waals surface area contributed by atoms with Gasteiger partial charge in [-0.1, -0.05) is 34.1 Å². The summed E-state index contributed by atoms with van der Waals surface area (Å²) in [6, 6.07) is 13.9. The lowest BCUT2D eigenvalue weighted by Crippen LogP contribution is -2.14. The fraction of sp³-hybridized carbons (Fsp3) is 0.105. The first-order valence-electron chi connectivity index (χ1n) is 7.89. The zero-order valence-corrected chi connectivity index (χ0v) is 17.0. The standard InChI is InChI=1S/C19H17BrN2O4S/c1-25-17-6-4-3-5-16(17)13-9-15(12-21-11-13)22-27(23,24)19-10-14(20)7-8-18(19)26-2/h3-12,22H,1-2H3. The van der Waals surface area contributed by atoms with Crippen LogP contribution in [0, 0.1) is 0 Å². The molecule has 27 heavy (non-hydrogen) atoms. The Morgan fingerprint density at radius 2 is 1.70 bits per heavy atom. The normalized spacial score (nSPS) is 11.1. The van der Waals surface area contributed by atoms with Crippen LogP contribution in [-0.2, 0) is 10.0 Å². The lowest BCUT2D eigenvalue weighted by atomic mass is 10.1. The molecule has 8 heteroatoms. The summed E-state index contributed by atoms with van der Waals surface area (Å²) >= 11 is 3.29. The van der Waals surface area contributed by atoms with E-state index < -0.39 is 10.0 Å². The average Bonchev–Trinajstić information content (AvgIpc) is 2.67. The molecule has 0 aliphatic rings. The van der Waals surface area contributed by atoms with E-state index in [1.165, 1.54) is 19.4 Å². The number of anilines is 1. The number of ether oxygens (including phenoxy) is 2. The van der Waals surface area contributed by atoms with Gasteiger partial charge >= 0.3 is 0 Å². The highest BCUT2D eigenvalue weighted by Gasteiger charge is 2.20. The van der Waals surface area contributed by atoms with Gasteiger partial charge in [-0.15, -0.1) is 0 Å². The Morgan fingerprint density at radius 1 is 0.963 bits per heavy atom. The molecule has 1 aromatic heterocycles. The Kier molecular flexibility index (Phi) is 5.67. The van der Waals surface area contributed by atoms with E-state index in [1.807, 2.05) is 24.3 Å². The number of nitrogens with one attached hydrogen (secondary N) is 1. The van der Waals surface area contributed by atoms with Crippen molar-refractivity contribution >= 4 is 31.6 Å². The molecule has 0 spiro atoms. The fourth-order valence-electron chi connectivity index (χ4n) is 2.60. The van der Waals surface area contributed by atoms with E-state index in [-0.39, 0.29) is 10.6 Å². The van der Waals surface area contributed by atoms with E-state index >= 15 is 0 Å². The van der Waals surface area contributed by atoms with Crippen LogP contribution in [0.3, 0.4) is 0 Å². The second-order valence-electron chi connectivity index (χ2n) is 5.56. The van der Waals surface area contributed by atoms with Crippen molar-refractivity contribution in [2.75, 3.05) is 18.9 Å². The van der Waals surface area contributed by atoms with Gasteiger partial charge in [0.05, 0.1) is 26.1 Å². The number of sulfonamides is 1. The molecule has 0 bridgehead atoms. The third kappa shape index (κ3) is 4.23. The molecular formula is C19H17BrN2O4S. The van der Waals surface area contributed by atoms with Crippen molar-refractivity contribution in [1.29, 1.82) is 0 Å². The van der Waals surface area contributed by atoms with Crippen LogP contribution in [0.1, 0.15) is 0 Å². The third-order valence-corrected chi connectivity index (χ3v) is 5.72. The fourth-order valence-corrected chi connectivity index (χ4v) is 4.34. The van der Waals surface area contributed by atoms with Gasteiger partial charge in [-0.25, -0.2) is 8.42 Å². The number of rotatable bonds is 6. The lowest BCUT2D eigenvalue weighted by molar-refractivity contribution is 0.403. The van der Waals surface area contributed by atoms with E-state index in [4.69, 9.17) is 9.47 Å². The average molecular weight is 449 g/mol. The van der Waals surface area contributed by atoms with Crippen molar-refractivity contribution in [1.82, 2.24) is 4.98 Å². The number of methoxy groups -OCH3 is 2. The topological polar surface area (TPSA) is 77.5 Å². The highest BCUT2D eigenvalue weighted by Crippen LogP contribution is 2.32. The van der Waals surface area contributed by atoms with Gasteiger partial charge in [-0.2, -0.15) is 0 Å². The number of nitrogens with zero attached hydrogens (tertiary/aromatic N) is 1. The SMILES string of the molecule is COc1ccccc1-c1cncc(NS(=O)(=O)c2cc(Br)ccc2OC)c1. The molecule has 140 valence electrons. The summed E-state index contributed by atoms with van der Waals surface area (Å²) in [5, 5.41) is 0. The van der Waals surface area contributed by atoms with E-state index in [9.17, 15) is 8.42 Å². The number of pyridine rings is 1. The molecule has 2 aromatic carbocycles. The van der Waals surface area contributed by atoms with Crippen LogP contribution in [-0.4, -0.2) is 27.6 Å². The Bertz CT molecular complexity index is 1070. The highest BCUT2D eigenvalue weighted by molar-refractivity contribution is 9.10. The second kappa shape index (κ2) is 7.98. The van der Waals surface area contributed by atoms with Crippen LogP contribution < -0.4 is 14.2 Å². The van der Waals surface area contributed by atoms with Gasteiger partial charge in [0.1, 0.15) is 16.4 Å². The quantitative estimate of drug-likeness (QED) is 0.606. The van der Waals surface area contributed by atoms with Crippen molar-refractivity contribution in [3.8, 4) is 22.6 Å². The summed E-state index contributed by atoms with van der Waals surface area (Å²) in [5.74, 6) is 0.924. The van der Waals surface area contributed by atoms with Crippen LogP contribution in [0.25, 0.3) is 11.1 Å². The summed E-state index contributed by atoms with van der Waals surface area (Å²) in [6.07, 6.45) is 3.09. The van der Waals surface area contributed by atoms with E-state index in [2.05, 4.69) is 25.6 Å². The van der Waals surface area contributed by atoms with E-state index in [1.54, 1.807) is 31.5 Å². The van der Waals surface area contributed by atoms with Gasteiger partial charge in [0.25, 0.3) is 10.0 Å². The predicted octanol–water partition coefficient (Wildman–Crippen LogP) is 4.33. The van der Waals surface area contributed by atoms with Crippen molar-refractivity contribution in [3.05, 3.63) is 65.4 Å². The molecule has 3 rings (SSSR count). The summed E-state index contributed by atoms with van der Waals surface area (Å²) in [7, 11) is -0.865. The van der Waals surface area contributed by atoms with Crippen molar-refractivity contribution in [2.45, 2.75) is 4.90 Å². The van der Waals surface area contributed by atoms with Crippen molar-refractivity contribution < 1.29 is 17.9 Å². The van der Waals surface area contributed by atoms with Crippen molar-refractivity contribution in [3.63, 3.8) is 0 Å². The molecule has 0 aliphatic carbocycles. The summed E-state index contributed by atoms with van der Waals surface area (Å²) in [6.45, 7) is 0. The molecular weight excluding hydrogens is 432 g/mol. The first-order valence-corrected chi connectivity index (χ1v) is 10.2. The number of hydrogen-bond acceptors (Lipinski definition) is 5. The molecule has 0 fully saturated rings. The van der Waals surface area contributed by atoms with Gasteiger partial charge in [0.15, 0.2) is 0 Å². The second-order valence-corrected chi connectivity index (χ2v) is 8.13. The number of halogens is 1. The number of hydrogen-bond donors (Lipinski definition) is 1. The van der Waals surface area contributed by atoms with Crippen LogP contribution in [0.2, 0.25) is 0 Å². The monoisotopic (exact) mass is 448 g/mol. The molecule has 0 amide bonds. The van der Waals surface area contributed by atoms with Crippen molar-refractivity contribution in [2.24, 2.45) is 0 Å². The molecule has 1 heterocycles. The van der Waals surface area contributed by atoms with Gasteiger partial charge in [-0.3, -0.25) is 9.71 Å². The summed E-state index contributed by atoms with van der Waals surface area (Å²) in [5.41, 5.74) is 1.88. The van der Waals surface area contributed by atoms with Crippen LogP contribution in [0.5, 0.6) is 11.5 Å². The lowest BCUT2D eigenvalue weighted by Gasteiger charge is -2.13. The van der Waals surface area contributed by atoms with Crippen LogP contribution in [0.15, 0.2) is 70.3 Å². The zero-order chi connectivity index (χ0) is 19.4. The molecule has 0 saturated carbocycles. The minimum atomic E-state index is -3.87. The van der Waals surface area contributed by atoms with E-state index in [0.717, 1.165) is 11.1 Å². The Labute approximate surface area is 166 Å². The van der Waals surface area contributed by atoms with Crippen LogP contribution >= 0.6 is 15.9 Å². The van der Waals surface area contributed by atoms with Gasteiger partial charge < -0.3 is 9.47 Å². The van der Waals surface area contributed by atoms with Gasteiger partial charge in [0, 0.05) is 21.8 Å². The number of para-hydroxylation sites is 1. The maximum absolute atomic E-state index is 12.8. The number of aromatic nitrogens is 1. The molecule has 1 N–H and O–H groups in total. The van der Waals surface area contributed by atoms with Gasteiger partial charge in [0.2, 0.25) is 0 Å². The Balaban J connectivity index is 1.98. The molecule has 0 radical (unpaired) electrons. The van der Waals surface area contributed by atoms with Crippen LogP contribution in [0.4, 0.5) is 5.69 Å². The molecule has 3 aromatic rings. The maximum atomic E-state index is 12.8. The molecule has 0 saturated heterocycles. The highest BCUT2D eigenvalue weighted by atomic mass is 79.9. The minimum absolute atomic E-state index is 0.0297. The summed E-state index contributed by atoms with van der Waals surface area (Å²) in [4.78, 5) is 4.18. The Hall–Kier alpha value is -2.58. The molecule has 0 atom stereocenters. The van der Waals surface area contributed by atoms with E-state index in [0.29, 0.717) is 15.9 Å². The maximum Gasteiger partial charge on any atom is 0.265 e. The third-order valence-electron chi connectivity index (χ3n) is 3.82. The minimum Gasteiger partial charge on any atom is -0.496 e. The Morgan fingerprint density at radius 3 is 2.44 bits per heavy atom. The summed E-state index contributed by atoms with van der Waals surface area (Å²) < 4.78 is 39.4. The predicted molar refractivity (Wildman–Crippen MR) is 108 cm³/mol. The molecule has 6 nitrogen and oxygen atoms in total. The van der Waals surface area contributed by atoms with Gasteiger partial charge in [-0.05, 0) is 30.3 Å². The smallest absolute Gasteiger partial charge is 0.265 e. The first-order chi connectivity index (χ1) is 12.9. The zero-order valence-electron chi connectivity index (χ0n) is 14.6. The first kappa shape index (κ1) is 19.2. The molecule has 0 aliphatic heterocycles. The largest absolute Gasteiger partial charge is 0.496 e. The molecule has 0 unspecified atom stereocenters.